The standard InChI is InChI=1S/C22H25NO3Si/c1-17(24)23-20(15-16-27(2,3)4)22(25)26-21(18-11-7-5-8-12-18)19-13-9-6-10-14-19/h5-14,20-21H,1-4H3,(H,23,24). The molecule has 4 nitrogen and oxygen atoms in total. The van der Waals surface area contributed by atoms with Gasteiger partial charge in [-0.25, -0.2) is 4.79 Å². The van der Waals surface area contributed by atoms with Gasteiger partial charge < -0.3 is 10.1 Å². The molecule has 0 saturated heterocycles. The average Bonchev–Trinajstić information content (AvgIpc) is 2.63. The van der Waals surface area contributed by atoms with E-state index in [0.29, 0.717) is 0 Å². The Morgan fingerprint density at radius 2 is 1.41 bits per heavy atom. The second-order valence-corrected chi connectivity index (χ2v) is 12.0. The third-order valence-corrected chi connectivity index (χ3v) is 4.51. The summed E-state index contributed by atoms with van der Waals surface area (Å²) in [6.45, 7) is 7.59. The maximum Gasteiger partial charge on any atom is 0.342 e. The van der Waals surface area contributed by atoms with E-state index in [9.17, 15) is 9.59 Å². The molecule has 1 N–H and O–H groups in total. The molecule has 0 saturated carbocycles. The van der Waals surface area contributed by atoms with E-state index in [0.717, 1.165) is 11.1 Å². The van der Waals surface area contributed by atoms with Crippen molar-refractivity contribution in [3.63, 3.8) is 0 Å². The van der Waals surface area contributed by atoms with Gasteiger partial charge in [-0.1, -0.05) is 86.2 Å². The van der Waals surface area contributed by atoms with Gasteiger partial charge in [-0.3, -0.25) is 4.79 Å². The van der Waals surface area contributed by atoms with Gasteiger partial charge in [-0.15, -0.1) is 5.54 Å². The molecule has 2 aromatic carbocycles. The van der Waals surface area contributed by atoms with E-state index < -0.39 is 26.2 Å². The number of ether oxygens (including phenoxy) is 1. The number of nitrogens with one attached hydrogen (secondary N) is 1. The SMILES string of the molecule is CC(=O)NC(C#C[Si](C)(C)C)C(=O)OC(c1ccccc1)c1ccccc1. The van der Waals surface area contributed by atoms with Crippen molar-refractivity contribution in [2.45, 2.75) is 38.7 Å². The zero-order valence-electron chi connectivity index (χ0n) is 16.2. The molecule has 140 valence electrons. The molecule has 5 heteroatoms. The Kier molecular flexibility index (Phi) is 6.97. The molecule has 2 rings (SSSR count). The normalized spacial score (nSPS) is 11.9. The Morgan fingerprint density at radius 1 is 0.926 bits per heavy atom. The van der Waals surface area contributed by atoms with Crippen LogP contribution in [0.4, 0.5) is 0 Å². The molecule has 2 aromatic rings. The number of benzene rings is 2. The Bertz CT molecular complexity index is 793. The van der Waals surface area contributed by atoms with Crippen molar-refractivity contribution in [1.29, 1.82) is 0 Å². The fraction of sp³-hybridized carbons (Fsp3) is 0.273. The van der Waals surface area contributed by atoms with Crippen LogP contribution in [0.5, 0.6) is 0 Å². The second kappa shape index (κ2) is 9.20. The van der Waals surface area contributed by atoms with Gasteiger partial charge in [0.1, 0.15) is 8.07 Å². The summed E-state index contributed by atoms with van der Waals surface area (Å²) in [7, 11) is -1.70. The van der Waals surface area contributed by atoms with Gasteiger partial charge in [0, 0.05) is 6.92 Å². The minimum absolute atomic E-state index is 0.321. The molecule has 0 heterocycles. The zero-order chi connectivity index (χ0) is 19.9. The van der Waals surface area contributed by atoms with Crippen LogP contribution in [0.1, 0.15) is 24.2 Å². The van der Waals surface area contributed by atoms with Crippen LogP contribution in [0.25, 0.3) is 0 Å². The third kappa shape index (κ3) is 6.76. The van der Waals surface area contributed by atoms with Gasteiger partial charge >= 0.3 is 5.97 Å². The molecule has 0 aliphatic rings. The molecular formula is C22H25NO3Si. The molecule has 0 radical (unpaired) electrons. The van der Waals surface area contributed by atoms with Crippen molar-refractivity contribution in [1.82, 2.24) is 5.32 Å². The number of carbonyl (C=O) groups excluding carboxylic acids is 2. The van der Waals surface area contributed by atoms with E-state index in [1.165, 1.54) is 6.92 Å². The highest BCUT2D eigenvalue weighted by Crippen LogP contribution is 2.26. The predicted molar refractivity (Wildman–Crippen MR) is 110 cm³/mol. The molecular weight excluding hydrogens is 354 g/mol. The lowest BCUT2D eigenvalue weighted by atomic mass is 10.0. The lowest BCUT2D eigenvalue weighted by Gasteiger charge is -2.21. The second-order valence-electron chi connectivity index (χ2n) is 7.29. The Hall–Kier alpha value is -2.84. The summed E-state index contributed by atoms with van der Waals surface area (Å²) >= 11 is 0. The number of esters is 1. The molecule has 0 aromatic heterocycles. The van der Waals surface area contributed by atoms with E-state index in [1.807, 2.05) is 60.7 Å². The maximum atomic E-state index is 12.8. The van der Waals surface area contributed by atoms with Crippen LogP contribution in [0, 0.1) is 11.5 Å². The van der Waals surface area contributed by atoms with E-state index in [1.54, 1.807) is 0 Å². The maximum absolute atomic E-state index is 12.8. The quantitative estimate of drug-likeness (QED) is 0.490. The largest absolute Gasteiger partial charge is 0.450 e. The number of hydrogen-bond donors (Lipinski definition) is 1. The molecule has 1 amide bonds. The number of amides is 1. The molecule has 0 spiro atoms. The first-order chi connectivity index (χ1) is 12.8. The Labute approximate surface area is 162 Å². The summed E-state index contributed by atoms with van der Waals surface area (Å²) in [6.07, 6.45) is -0.565. The monoisotopic (exact) mass is 379 g/mol. The highest BCUT2D eigenvalue weighted by atomic mass is 28.3. The van der Waals surface area contributed by atoms with Crippen LogP contribution in [0.15, 0.2) is 60.7 Å². The van der Waals surface area contributed by atoms with Gasteiger partial charge in [0.15, 0.2) is 12.1 Å². The van der Waals surface area contributed by atoms with Gasteiger partial charge in [0.05, 0.1) is 0 Å². The van der Waals surface area contributed by atoms with Crippen molar-refractivity contribution >= 4 is 20.0 Å². The third-order valence-electron chi connectivity index (χ3n) is 3.61. The van der Waals surface area contributed by atoms with E-state index >= 15 is 0 Å². The molecule has 0 bridgehead atoms. The van der Waals surface area contributed by atoms with Gasteiger partial charge in [0.25, 0.3) is 0 Å². The van der Waals surface area contributed by atoms with E-state index in [4.69, 9.17) is 4.74 Å². The lowest BCUT2D eigenvalue weighted by molar-refractivity contribution is -0.149. The molecule has 0 aliphatic carbocycles. The van der Waals surface area contributed by atoms with Crippen LogP contribution in [-0.4, -0.2) is 26.0 Å². The molecule has 0 aliphatic heterocycles. The number of hydrogen-bond acceptors (Lipinski definition) is 3. The molecule has 0 fully saturated rings. The van der Waals surface area contributed by atoms with Crippen molar-refractivity contribution in [3.8, 4) is 11.5 Å². The molecule has 1 atom stereocenters. The molecule has 1 unspecified atom stereocenters. The van der Waals surface area contributed by atoms with Crippen LogP contribution in [0.3, 0.4) is 0 Å². The predicted octanol–water partition coefficient (Wildman–Crippen LogP) is 3.70. The smallest absolute Gasteiger partial charge is 0.342 e. The van der Waals surface area contributed by atoms with Crippen LogP contribution in [0.2, 0.25) is 19.6 Å². The first kappa shape index (κ1) is 20.5. The number of carbonyl (C=O) groups is 2. The highest BCUT2D eigenvalue weighted by molar-refractivity contribution is 6.83. The van der Waals surface area contributed by atoms with Crippen molar-refractivity contribution < 1.29 is 14.3 Å². The zero-order valence-corrected chi connectivity index (χ0v) is 17.2. The van der Waals surface area contributed by atoms with E-state index in [2.05, 4.69) is 36.4 Å². The van der Waals surface area contributed by atoms with Gasteiger partial charge in [-0.05, 0) is 11.1 Å². The highest BCUT2D eigenvalue weighted by Gasteiger charge is 2.25. The fourth-order valence-electron chi connectivity index (χ4n) is 2.41. The first-order valence-electron chi connectivity index (χ1n) is 8.86. The minimum Gasteiger partial charge on any atom is -0.450 e. The Morgan fingerprint density at radius 3 is 1.81 bits per heavy atom. The molecule has 27 heavy (non-hydrogen) atoms. The summed E-state index contributed by atoms with van der Waals surface area (Å²) in [5.74, 6) is 2.02. The van der Waals surface area contributed by atoms with Crippen molar-refractivity contribution in [3.05, 3.63) is 71.8 Å². The van der Waals surface area contributed by atoms with Crippen molar-refractivity contribution in [2.75, 3.05) is 0 Å². The fourth-order valence-corrected chi connectivity index (χ4v) is 2.99. The summed E-state index contributed by atoms with van der Waals surface area (Å²) in [6, 6.07) is 18.1. The minimum atomic E-state index is -1.70. The Balaban J connectivity index is 2.32. The average molecular weight is 380 g/mol. The summed E-state index contributed by atoms with van der Waals surface area (Å²) in [5.41, 5.74) is 4.85. The van der Waals surface area contributed by atoms with Crippen LogP contribution in [-0.2, 0) is 14.3 Å². The van der Waals surface area contributed by atoms with Gasteiger partial charge in [0.2, 0.25) is 5.91 Å². The summed E-state index contributed by atoms with van der Waals surface area (Å²) in [4.78, 5) is 24.4. The first-order valence-corrected chi connectivity index (χ1v) is 12.4. The number of rotatable bonds is 5. The van der Waals surface area contributed by atoms with Crippen molar-refractivity contribution in [2.24, 2.45) is 0 Å². The lowest BCUT2D eigenvalue weighted by Crippen LogP contribution is -2.40. The summed E-state index contributed by atoms with van der Waals surface area (Å²) < 4.78 is 5.81. The summed E-state index contributed by atoms with van der Waals surface area (Å²) in [5, 5.41) is 2.60. The van der Waals surface area contributed by atoms with Gasteiger partial charge in [-0.2, -0.15) is 0 Å². The van der Waals surface area contributed by atoms with E-state index in [-0.39, 0.29) is 5.91 Å². The van der Waals surface area contributed by atoms with Crippen LogP contribution < -0.4 is 5.32 Å². The topological polar surface area (TPSA) is 55.4 Å². The van der Waals surface area contributed by atoms with Crippen LogP contribution >= 0.6 is 0 Å².